The van der Waals surface area contributed by atoms with Gasteiger partial charge in [0.25, 0.3) is 0 Å². The van der Waals surface area contributed by atoms with Gasteiger partial charge in [-0.15, -0.1) is 0 Å². The minimum Gasteiger partial charge on any atom is -0.368 e. The van der Waals surface area contributed by atoms with E-state index in [0.29, 0.717) is 36.2 Å². The van der Waals surface area contributed by atoms with E-state index >= 15 is 0 Å². The number of halogens is 2. The Morgan fingerprint density at radius 2 is 2.12 bits per heavy atom. The molecule has 134 valence electrons. The molecule has 1 aromatic heterocycles. The van der Waals surface area contributed by atoms with Crippen LogP contribution in [0.2, 0.25) is 5.02 Å². The van der Waals surface area contributed by atoms with E-state index < -0.39 is 0 Å². The lowest BCUT2D eigenvalue weighted by atomic mass is 10.1. The van der Waals surface area contributed by atoms with E-state index in [1.54, 1.807) is 30.3 Å². The first-order valence-corrected chi connectivity index (χ1v) is 8.83. The molecule has 4 rings (SSSR count). The Bertz CT molecular complexity index is 987. The number of carbonyl (C=O) groups is 1. The number of nitrogens with one attached hydrogen (secondary N) is 1. The maximum Gasteiger partial charge on any atom is 0.231 e. The smallest absolute Gasteiger partial charge is 0.231 e. The molecular weight excluding hydrogens is 355 g/mol. The zero-order valence-electron chi connectivity index (χ0n) is 14.2. The number of aryl methyl sites for hydroxylation is 1. The second-order valence-corrected chi connectivity index (χ2v) is 6.94. The van der Waals surface area contributed by atoms with Gasteiger partial charge in [-0.25, -0.2) is 9.37 Å². The Labute approximate surface area is 155 Å². The lowest BCUT2D eigenvalue weighted by molar-refractivity contribution is -0.119. The number of anilines is 2. The number of hydrogen-bond acceptors (Lipinski definition) is 3. The number of nitrogens with zero attached hydrogens (tertiary/aromatic N) is 3. The van der Waals surface area contributed by atoms with Crippen LogP contribution in [0.3, 0.4) is 0 Å². The van der Waals surface area contributed by atoms with E-state index in [1.807, 2.05) is 22.6 Å². The fourth-order valence-corrected chi connectivity index (χ4v) is 3.56. The van der Waals surface area contributed by atoms with Gasteiger partial charge in [-0.1, -0.05) is 23.7 Å². The highest BCUT2D eigenvalue weighted by molar-refractivity contribution is 6.31. The van der Waals surface area contributed by atoms with Gasteiger partial charge >= 0.3 is 0 Å². The van der Waals surface area contributed by atoms with Crippen LogP contribution in [0.5, 0.6) is 0 Å². The predicted octanol–water partition coefficient (Wildman–Crippen LogP) is 3.83. The standard InChI is InChI=1S/C19H18ClFN4O/c1-24-17-7-6-13(20)10-15(17)22-19(24)23-18(26)12-8-9-25(11-12)16-5-3-2-4-14(16)21/h2-7,10,12H,8-9,11H2,1H3,(H,22,23,26). The lowest BCUT2D eigenvalue weighted by Crippen LogP contribution is -2.28. The minimum absolute atomic E-state index is 0.103. The fraction of sp³-hybridized carbons (Fsp3) is 0.263. The van der Waals surface area contributed by atoms with Crippen molar-refractivity contribution < 1.29 is 9.18 Å². The van der Waals surface area contributed by atoms with Crippen molar-refractivity contribution in [2.45, 2.75) is 6.42 Å². The van der Waals surface area contributed by atoms with Crippen molar-refractivity contribution >= 4 is 40.2 Å². The molecule has 2 heterocycles. The number of carbonyl (C=O) groups excluding carboxylic acids is 1. The molecule has 0 radical (unpaired) electrons. The highest BCUT2D eigenvalue weighted by Gasteiger charge is 2.30. The SMILES string of the molecule is Cn1c(NC(=O)C2CCN(c3ccccc3F)C2)nc2cc(Cl)ccc21. The van der Waals surface area contributed by atoms with Gasteiger partial charge in [-0.05, 0) is 36.8 Å². The quantitative estimate of drug-likeness (QED) is 0.760. The topological polar surface area (TPSA) is 50.2 Å². The third kappa shape index (κ3) is 3.01. The van der Waals surface area contributed by atoms with E-state index in [0.717, 1.165) is 11.0 Å². The van der Waals surface area contributed by atoms with Crippen LogP contribution < -0.4 is 10.2 Å². The Morgan fingerprint density at radius 1 is 1.31 bits per heavy atom. The van der Waals surface area contributed by atoms with Crippen LogP contribution in [-0.2, 0) is 11.8 Å². The van der Waals surface area contributed by atoms with Gasteiger partial charge in [0.2, 0.25) is 11.9 Å². The van der Waals surface area contributed by atoms with E-state index in [2.05, 4.69) is 10.3 Å². The molecule has 5 nitrogen and oxygen atoms in total. The number of para-hydroxylation sites is 1. The highest BCUT2D eigenvalue weighted by Crippen LogP contribution is 2.27. The Balaban J connectivity index is 1.49. The van der Waals surface area contributed by atoms with Crippen LogP contribution in [0.25, 0.3) is 11.0 Å². The molecule has 0 spiro atoms. The van der Waals surface area contributed by atoms with Gasteiger partial charge in [0.15, 0.2) is 0 Å². The van der Waals surface area contributed by atoms with E-state index in [4.69, 9.17) is 11.6 Å². The molecule has 1 fully saturated rings. The Morgan fingerprint density at radius 3 is 2.92 bits per heavy atom. The largest absolute Gasteiger partial charge is 0.368 e. The monoisotopic (exact) mass is 372 g/mol. The summed E-state index contributed by atoms with van der Waals surface area (Å²) in [4.78, 5) is 19.0. The molecule has 1 unspecified atom stereocenters. The summed E-state index contributed by atoms with van der Waals surface area (Å²) in [5.41, 5.74) is 2.17. The first-order chi connectivity index (χ1) is 12.5. The molecule has 7 heteroatoms. The summed E-state index contributed by atoms with van der Waals surface area (Å²) in [7, 11) is 1.85. The molecule has 1 atom stereocenters. The molecule has 2 aromatic carbocycles. The molecule has 1 aliphatic rings. The number of aromatic nitrogens is 2. The van der Waals surface area contributed by atoms with Crippen molar-refractivity contribution in [2.75, 3.05) is 23.3 Å². The Hall–Kier alpha value is -2.60. The van der Waals surface area contributed by atoms with Crippen LogP contribution in [0, 0.1) is 11.7 Å². The normalized spacial score (nSPS) is 17.0. The molecule has 1 amide bonds. The highest BCUT2D eigenvalue weighted by atomic mass is 35.5. The van der Waals surface area contributed by atoms with Gasteiger partial charge in [-0.3, -0.25) is 10.1 Å². The Kier molecular flexibility index (Phi) is 4.28. The maximum atomic E-state index is 14.0. The van der Waals surface area contributed by atoms with Crippen molar-refractivity contribution in [1.82, 2.24) is 9.55 Å². The van der Waals surface area contributed by atoms with E-state index in [-0.39, 0.29) is 17.6 Å². The van der Waals surface area contributed by atoms with Crippen LogP contribution >= 0.6 is 11.6 Å². The third-order valence-corrected chi connectivity index (χ3v) is 5.07. The molecular formula is C19H18ClFN4O. The van der Waals surface area contributed by atoms with Crippen LogP contribution in [0.15, 0.2) is 42.5 Å². The summed E-state index contributed by atoms with van der Waals surface area (Å²) in [5, 5.41) is 3.50. The first kappa shape index (κ1) is 16.8. The summed E-state index contributed by atoms with van der Waals surface area (Å²) >= 11 is 6.00. The minimum atomic E-state index is -0.263. The number of fused-ring (bicyclic) bond motifs is 1. The number of rotatable bonds is 3. The lowest BCUT2D eigenvalue weighted by Gasteiger charge is -2.19. The van der Waals surface area contributed by atoms with Gasteiger partial charge in [0.1, 0.15) is 5.82 Å². The van der Waals surface area contributed by atoms with Crippen LogP contribution in [-0.4, -0.2) is 28.5 Å². The van der Waals surface area contributed by atoms with Crippen LogP contribution in [0.4, 0.5) is 16.0 Å². The molecule has 0 bridgehead atoms. The number of amides is 1. The fourth-order valence-electron chi connectivity index (χ4n) is 3.40. The summed E-state index contributed by atoms with van der Waals surface area (Å²) in [5.74, 6) is -0.0938. The first-order valence-electron chi connectivity index (χ1n) is 8.45. The van der Waals surface area contributed by atoms with Gasteiger partial charge < -0.3 is 9.47 Å². The van der Waals surface area contributed by atoms with Gasteiger partial charge in [-0.2, -0.15) is 0 Å². The van der Waals surface area contributed by atoms with Crippen molar-refractivity contribution in [2.24, 2.45) is 13.0 Å². The summed E-state index contributed by atoms with van der Waals surface area (Å²) < 4.78 is 15.8. The average Bonchev–Trinajstić information content (AvgIpc) is 3.21. The number of hydrogen-bond donors (Lipinski definition) is 1. The van der Waals surface area contributed by atoms with E-state index in [1.165, 1.54) is 6.07 Å². The van der Waals surface area contributed by atoms with Crippen molar-refractivity contribution in [3.05, 3.63) is 53.3 Å². The summed E-state index contributed by atoms with van der Waals surface area (Å²) in [6.45, 7) is 1.14. The zero-order chi connectivity index (χ0) is 18.3. The average molecular weight is 373 g/mol. The second-order valence-electron chi connectivity index (χ2n) is 6.50. The maximum absolute atomic E-state index is 14.0. The molecule has 1 aliphatic heterocycles. The van der Waals surface area contributed by atoms with Gasteiger partial charge in [0.05, 0.1) is 22.6 Å². The van der Waals surface area contributed by atoms with Crippen molar-refractivity contribution in [1.29, 1.82) is 0 Å². The van der Waals surface area contributed by atoms with E-state index in [9.17, 15) is 9.18 Å². The zero-order valence-corrected chi connectivity index (χ0v) is 15.0. The predicted molar refractivity (Wildman–Crippen MR) is 101 cm³/mol. The molecule has 26 heavy (non-hydrogen) atoms. The second kappa shape index (κ2) is 6.61. The third-order valence-electron chi connectivity index (χ3n) is 4.83. The number of imidazole rings is 1. The number of benzene rings is 2. The van der Waals surface area contributed by atoms with Crippen molar-refractivity contribution in [3.8, 4) is 0 Å². The van der Waals surface area contributed by atoms with Gasteiger partial charge in [0, 0.05) is 25.2 Å². The summed E-state index contributed by atoms with van der Waals surface area (Å²) in [6, 6.07) is 12.1. The molecule has 3 aromatic rings. The molecule has 1 saturated heterocycles. The molecule has 0 aliphatic carbocycles. The molecule has 0 saturated carbocycles. The molecule has 1 N–H and O–H groups in total. The van der Waals surface area contributed by atoms with Crippen molar-refractivity contribution in [3.63, 3.8) is 0 Å². The van der Waals surface area contributed by atoms with Crippen LogP contribution in [0.1, 0.15) is 6.42 Å². The summed E-state index contributed by atoms with van der Waals surface area (Å²) in [6.07, 6.45) is 0.677.